The normalized spacial score (nSPS) is 28.9. The van der Waals surface area contributed by atoms with Crippen LogP contribution in [0.2, 0.25) is 0 Å². The summed E-state index contributed by atoms with van der Waals surface area (Å²) in [6.07, 6.45) is -1.18. The van der Waals surface area contributed by atoms with Gasteiger partial charge in [-0.05, 0) is 0 Å². The minimum absolute atomic E-state index is 0.714. The first-order chi connectivity index (χ1) is 11.1. The molecule has 9 nitrogen and oxygen atoms in total. The van der Waals surface area contributed by atoms with E-state index in [4.69, 9.17) is 30.1 Å². The SMILES string of the molecule is C#CC1OC(OC(C)=O)C(OC(C)=O)C(OC(C)=O)C1OC(C)=O. The maximum atomic E-state index is 11.4. The monoisotopic (exact) mass is 342 g/mol. The smallest absolute Gasteiger partial charge is 0.305 e. The highest BCUT2D eigenvalue weighted by Gasteiger charge is 2.52. The van der Waals surface area contributed by atoms with Gasteiger partial charge >= 0.3 is 23.9 Å². The zero-order chi connectivity index (χ0) is 18.4. The van der Waals surface area contributed by atoms with Gasteiger partial charge in [-0.1, -0.05) is 5.92 Å². The molecule has 5 unspecified atom stereocenters. The van der Waals surface area contributed by atoms with Crippen LogP contribution in [0.1, 0.15) is 27.7 Å². The Kier molecular flexibility index (Phi) is 6.73. The van der Waals surface area contributed by atoms with Gasteiger partial charge in [-0.3, -0.25) is 19.2 Å². The van der Waals surface area contributed by atoms with Gasteiger partial charge in [0.25, 0.3) is 0 Å². The fraction of sp³-hybridized carbons (Fsp3) is 0.600. The molecule has 0 aliphatic carbocycles. The molecule has 0 aromatic rings. The zero-order valence-electron chi connectivity index (χ0n) is 13.6. The standard InChI is InChI=1S/C15H18O9/c1-6-11-12(20-7(2)16)13(21-8(3)17)14(22-9(4)18)15(24-11)23-10(5)19/h1,11-15H,2-5H3. The lowest BCUT2D eigenvalue weighted by Crippen LogP contribution is -2.61. The van der Waals surface area contributed by atoms with Gasteiger partial charge in [0.1, 0.15) is 0 Å². The molecular formula is C15H18O9. The Morgan fingerprint density at radius 3 is 1.58 bits per heavy atom. The third-order valence-corrected chi connectivity index (χ3v) is 2.85. The largest absolute Gasteiger partial charge is 0.455 e. The van der Waals surface area contributed by atoms with Crippen LogP contribution >= 0.6 is 0 Å². The van der Waals surface area contributed by atoms with Crippen molar-refractivity contribution in [2.75, 3.05) is 0 Å². The lowest BCUT2D eigenvalue weighted by molar-refractivity contribution is -0.286. The molecule has 1 saturated heterocycles. The Labute approximate surface area is 138 Å². The second-order valence-corrected chi connectivity index (χ2v) is 4.92. The van der Waals surface area contributed by atoms with E-state index in [1.807, 2.05) is 0 Å². The van der Waals surface area contributed by atoms with E-state index in [9.17, 15) is 19.2 Å². The van der Waals surface area contributed by atoms with Gasteiger partial charge in [0.05, 0.1) is 0 Å². The Morgan fingerprint density at radius 1 is 0.750 bits per heavy atom. The third-order valence-electron chi connectivity index (χ3n) is 2.85. The molecule has 9 heteroatoms. The van der Waals surface area contributed by atoms with Gasteiger partial charge in [0, 0.05) is 27.7 Å². The second-order valence-electron chi connectivity index (χ2n) is 4.92. The van der Waals surface area contributed by atoms with Crippen molar-refractivity contribution in [2.24, 2.45) is 0 Å². The Balaban J connectivity index is 3.26. The van der Waals surface area contributed by atoms with Crippen molar-refractivity contribution >= 4 is 23.9 Å². The van der Waals surface area contributed by atoms with Gasteiger partial charge in [-0.15, -0.1) is 6.42 Å². The zero-order valence-corrected chi connectivity index (χ0v) is 13.6. The molecule has 0 saturated carbocycles. The molecular weight excluding hydrogens is 324 g/mol. The van der Waals surface area contributed by atoms with Crippen LogP contribution in [0.4, 0.5) is 0 Å². The van der Waals surface area contributed by atoms with Crippen molar-refractivity contribution < 1.29 is 42.9 Å². The van der Waals surface area contributed by atoms with Gasteiger partial charge < -0.3 is 23.7 Å². The highest BCUT2D eigenvalue weighted by Crippen LogP contribution is 2.29. The lowest BCUT2D eigenvalue weighted by atomic mass is 9.98. The molecule has 0 amide bonds. The summed E-state index contributed by atoms with van der Waals surface area (Å²) in [5.74, 6) is -0.726. The Hall–Kier alpha value is -2.60. The summed E-state index contributed by atoms with van der Waals surface area (Å²) in [5.41, 5.74) is 0. The number of terminal acetylenes is 1. The number of rotatable bonds is 4. The topological polar surface area (TPSA) is 114 Å². The van der Waals surface area contributed by atoms with Crippen molar-refractivity contribution in [3.05, 3.63) is 0 Å². The molecule has 132 valence electrons. The number of carbonyl (C=O) groups is 4. The number of esters is 4. The molecule has 0 bridgehead atoms. The summed E-state index contributed by atoms with van der Waals surface area (Å²) in [4.78, 5) is 45.3. The third kappa shape index (κ3) is 5.24. The van der Waals surface area contributed by atoms with Crippen molar-refractivity contribution in [3.8, 4) is 12.3 Å². The molecule has 5 atom stereocenters. The Bertz CT molecular complexity index is 562. The molecule has 1 aliphatic rings. The van der Waals surface area contributed by atoms with E-state index in [0.29, 0.717) is 0 Å². The first-order valence-corrected chi connectivity index (χ1v) is 6.96. The number of hydrogen-bond acceptors (Lipinski definition) is 9. The fourth-order valence-corrected chi connectivity index (χ4v) is 2.17. The van der Waals surface area contributed by atoms with Gasteiger partial charge in [0.15, 0.2) is 18.3 Å². The molecule has 1 fully saturated rings. The van der Waals surface area contributed by atoms with Crippen molar-refractivity contribution in [1.29, 1.82) is 0 Å². The van der Waals surface area contributed by atoms with Gasteiger partial charge in [0.2, 0.25) is 12.4 Å². The van der Waals surface area contributed by atoms with E-state index in [0.717, 1.165) is 27.7 Å². The average Bonchev–Trinajstić information content (AvgIpc) is 2.42. The van der Waals surface area contributed by atoms with E-state index < -0.39 is 54.6 Å². The van der Waals surface area contributed by atoms with Crippen molar-refractivity contribution in [2.45, 2.75) is 58.4 Å². The van der Waals surface area contributed by atoms with Crippen LogP contribution in [0, 0.1) is 12.3 Å². The maximum Gasteiger partial charge on any atom is 0.305 e. The number of ether oxygens (including phenoxy) is 5. The van der Waals surface area contributed by atoms with Crippen LogP contribution in [-0.4, -0.2) is 54.6 Å². The molecule has 0 spiro atoms. The highest BCUT2D eigenvalue weighted by molar-refractivity contribution is 5.69. The minimum Gasteiger partial charge on any atom is -0.455 e. The quantitative estimate of drug-likeness (QED) is 0.386. The summed E-state index contributed by atoms with van der Waals surface area (Å²) in [5, 5.41) is 0. The number of hydrogen-bond donors (Lipinski definition) is 0. The van der Waals surface area contributed by atoms with Crippen LogP contribution in [0.15, 0.2) is 0 Å². The van der Waals surface area contributed by atoms with Crippen LogP contribution in [-0.2, 0) is 42.9 Å². The van der Waals surface area contributed by atoms with Crippen molar-refractivity contribution in [3.63, 3.8) is 0 Å². The van der Waals surface area contributed by atoms with Crippen LogP contribution in [0.5, 0.6) is 0 Å². The lowest BCUT2D eigenvalue weighted by Gasteiger charge is -2.42. The van der Waals surface area contributed by atoms with E-state index in [2.05, 4.69) is 5.92 Å². The van der Waals surface area contributed by atoms with E-state index in [-0.39, 0.29) is 0 Å². The fourth-order valence-electron chi connectivity index (χ4n) is 2.17. The van der Waals surface area contributed by atoms with Crippen LogP contribution < -0.4 is 0 Å². The summed E-state index contributed by atoms with van der Waals surface area (Å²) < 4.78 is 25.5. The predicted molar refractivity (Wildman–Crippen MR) is 75.9 cm³/mol. The molecule has 1 aliphatic heterocycles. The first kappa shape index (κ1) is 19.4. The maximum absolute atomic E-state index is 11.4. The summed E-state index contributed by atoms with van der Waals surface area (Å²) in [6, 6.07) is 0. The predicted octanol–water partition coefficient (Wildman–Crippen LogP) is -0.297. The molecule has 0 N–H and O–H groups in total. The first-order valence-electron chi connectivity index (χ1n) is 6.96. The van der Waals surface area contributed by atoms with Gasteiger partial charge in [-0.2, -0.15) is 0 Å². The van der Waals surface area contributed by atoms with Crippen molar-refractivity contribution in [1.82, 2.24) is 0 Å². The minimum atomic E-state index is -1.43. The molecule has 1 rings (SSSR count). The molecule has 24 heavy (non-hydrogen) atoms. The van der Waals surface area contributed by atoms with E-state index in [1.54, 1.807) is 0 Å². The van der Waals surface area contributed by atoms with Crippen LogP contribution in [0.3, 0.4) is 0 Å². The molecule has 0 radical (unpaired) electrons. The summed E-state index contributed by atoms with van der Waals surface area (Å²) in [6.45, 7) is 4.44. The van der Waals surface area contributed by atoms with E-state index >= 15 is 0 Å². The second kappa shape index (κ2) is 8.31. The van der Waals surface area contributed by atoms with Gasteiger partial charge in [-0.25, -0.2) is 0 Å². The number of carbonyl (C=O) groups excluding carboxylic acids is 4. The molecule has 1 heterocycles. The average molecular weight is 342 g/mol. The summed E-state index contributed by atoms with van der Waals surface area (Å²) in [7, 11) is 0. The molecule has 0 aromatic carbocycles. The molecule has 0 aromatic heterocycles. The highest BCUT2D eigenvalue weighted by atomic mass is 16.7. The van der Waals surface area contributed by atoms with Crippen LogP contribution in [0.25, 0.3) is 0 Å². The van der Waals surface area contributed by atoms with E-state index in [1.165, 1.54) is 0 Å². The Morgan fingerprint density at radius 2 is 1.17 bits per heavy atom. The summed E-state index contributed by atoms with van der Waals surface area (Å²) >= 11 is 0.